The van der Waals surface area contributed by atoms with E-state index in [2.05, 4.69) is 20.3 Å². The average molecular weight is 437 g/mol. The highest BCUT2D eigenvalue weighted by molar-refractivity contribution is 5.92. The molecule has 0 saturated heterocycles. The number of aromatic nitrogens is 3. The second-order valence-corrected chi connectivity index (χ2v) is 6.93. The van der Waals surface area contributed by atoms with Gasteiger partial charge in [-0.1, -0.05) is 0 Å². The molecule has 0 aliphatic heterocycles. The van der Waals surface area contributed by atoms with Gasteiger partial charge in [-0.25, -0.2) is 18.7 Å². The zero-order valence-electron chi connectivity index (χ0n) is 16.8. The monoisotopic (exact) mass is 437 g/mol. The van der Waals surface area contributed by atoms with Gasteiger partial charge in [-0.15, -0.1) is 0 Å². The van der Waals surface area contributed by atoms with Gasteiger partial charge in [0, 0.05) is 23.2 Å². The van der Waals surface area contributed by atoms with Crippen molar-refractivity contribution in [3.05, 3.63) is 82.4 Å². The van der Waals surface area contributed by atoms with Gasteiger partial charge in [0.15, 0.2) is 6.17 Å². The highest BCUT2D eigenvalue weighted by Crippen LogP contribution is 2.31. The number of nitro benzene ring substituents is 1. The van der Waals surface area contributed by atoms with Crippen LogP contribution in [0.5, 0.6) is 11.5 Å². The molecule has 2 heterocycles. The Kier molecular flexibility index (Phi) is 5.84. The van der Waals surface area contributed by atoms with Crippen molar-refractivity contribution in [1.29, 1.82) is 0 Å². The summed E-state index contributed by atoms with van der Waals surface area (Å²) < 4.78 is 31.5. The van der Waals surface area contributed by atoms with Crippen molar-refractivity contribution in [1.82, 2.24) is 15.0 Å². The highest BCUT2D eigenvalue weighted by atomic mass is 19.2. The molecule has 0 saturated carbocycles. The predicted molar refractivity (Wildman–Crippen MR) is 115 cm³/mol. The van der Waals surface area contributed by atoms with Crippen LogP contribution < -0.4 is 10.1 Å². The molecule has 32 heavy (non-hydrogen) atoms. The van der Waals surface area contributed by atoms with Crippen LogP contribution in [0.2, 0.25) is 0 Å². The van der Waals surface area contributed by atoms with Crippen molar-refractivity contribution in [2.75, 3.05) is 12.0 Å². The zero-order chi connectivity index (χ0) is 22.7. The van der Waals surface area contributed by atoms with Crippen LogP contribution in [0.25, 0.3) is 10.9 Å². The molecule has 0 spiro atoms. The van der Waals surface area contributed by atoms with Crippen molar-refractivity contribution in [2.45, 2.75) is 13.1 Å². The number of halogens is 2. The lowest BCUT2D eigenvalue weighted by molar-refractivity contribution is -0.384. The van der Waals surface area contributed by atoms with E-state index in [4.69, 9.17) is 4.74 Å². The average Bonchev–Trinajstić information content (AvgIpc) is 2.80. The number of nitrogens with zero attached hydrogens (tertiary/aromatic N) is 4. The molecule has 0 radical (unpaired) electrons. The molecule has 0 aliphatic carbocycles. The second-order valence-electron chi connectivity index (χ2n) is 6.93. The Labute approximate surface area is 181 Å². The van der Waals surface area contributed by atoms with Gasteiger partial charge in [-0.05, 0) is 48.9 Å². The van der Waals surface area contributed by atoms with E-state index >= 15 is 0 Å². The van der Waals surface area contributed by atoms with Gasteiger partial charge in [-0.3, -0.25) is 15.1 Å². The molecule has 10 heteroatoms. The first-order valence-corrected chi connectivity index (χ1v) is 9.55. The lowest BCUT2D eigenvalue weighted by Gasteiger charge is -2.12. The molecular formula is C22H17F2N5O3. The number of non-ortho nitro benzene ring substituents is 1. The number of aryl methyl sites for hydroxylation is 1. The topological polar surface area (TPSA) is 103 Å². The van der Waals surface area contributed by atoms with E-state index in [-0.39, 0.29) is 11.4 Å². The summed E-state index contributed by atoms with van der Waals surface area (Å²) in [6, 6.07) is 12.6. The molecule has 0 aliphatic rings. The molecule has 0 amide bonds. The van der Waals surface area contributed by atoms with Crippen LogP contribution >= 0.6 is 0 Å². The fourth-order valence-electron chi connectivity index (χ4n) is 3.08. The van der Waals surface area contributed by atoms with Gasteiger partial charge in [-0.2, -0.15) is 0 Å². The maximum Gasteiger partial charge on any atom is 0.270 e. The van der Waals surface area contributed by atoms with E-state index in [0.717, 1.165) is 5.56 Å². The SMILES string of the molecule is Cc1cc(Nc2ncnc3ccc([N+](=O)[O-])cc23)ccc1Oc1ccc([C@H](F)CF)nc1. The third-order valence-electron chi connectivity index (χ3n) is 4.71. The van der Waals surface area contributed by atoms with Crippen molar-refractivity contribution in [3.8, 4) is 11.5 Å². The predicted octanol–water partition coefficient (Wildman–Crippen LogP) is 5.76. The molecule has 8 nitrogen and oxygen atoms in total. The van der Waals surface area contributed by atoms with Crippen LogP contribution in [0, 0.1) is 17.0 Å². The van der Waals surface area contributed by atoms with Crippen LogP contribution in [0.4, 0.5) is 26.0 Å². The van der Waals surface area contributed by atoms with Crippen LogP contribution in [-0.2, 0) is 0 Å². The summed E-state index contributed by atoms with van der Waals surface area (Å²) in [5, 5.41) is 14.8. The number of hydrogen-bond acceptors (Lipinski definition) is 7. The molecule has 0 fully saturated rings. The number of ether oxygens (including phenoxy) is 1. The number of nitrogens with one attached hydrogen (secondary N) is 1. The van der Waals surface area contributed by atoms with Gasteiger partial charge in [0.05, 0.1) is 22.3 Å². The summed E-state index contributed by atoms with van der Waals surface area (Å²) in [5.41, 5.74) is 2.01. The Morgan fingerprint density at radius 2 is 1.97 bits per heavy atom. The zero-order valence-corrected chi connectivity index (χ0v) is 16.8. The second kappa shape index (κ2) is 8.88. The van der Waals surface area contributed by atoms with Crippen LogP contribution in [0.15, 0.2) is 61.1 Å². The fraction of sp³-hybridized carbons (Fsp3) is 0.136. The van der Waals surface area contributed by atoms with Gasteiger partial charge in [0.25, 0.3) is 5.69 Å². The Hall–Kier alpha value is -4.21. The summed E-state index contributed by atoms with van der Waals surface area (Å²) in [5.74, 6) is 1.37. The number of alkyl halides is 2. The van der Waals surface area contributed by atoms with E-state index in [9.17, 15) is 18.9 Å². The Balaban J connectivity index is 1.55. The number of nitro groups is 1. The highest BCUT2D eigenvalue weighted by Gasteiger charge is 2.13. The van der Waals surface area contributed by atoms with Crippen molar-refractivity contribution >= 4 is 28.1 Å². The number of hydrogen-bond donors (Lipinski definition) is 1. The Morgan fingerprint density at radius 3 is 2.66 bits per heavy atom. The molecule has 0 bridgehead atoms. The van der Waals surface area contributed by atoms with E-state index in [1.165, 1.54) is 36.8 Å². The lowest BCUT2D eigenvalue weighted by atomic mass is 10.1. The summed E-state index contributed by atoms with van der Waals surface area (Å²) in [7, 11) is 0. The molecule has 162 valence electrons. The molecule has 0 unspecified atom stereocenters. The minimum absolute atomic E-state index is 0.00781. The number of benzene rings is 2. The lowest BCUT2D eigenvalue weighted by Crippen LogP contribution is -1.99. The Bertz CT molecular complexity index is 1280. The largest absolute Gasteiger partial charge is 0.455 e. The summed E-state index contributed by atoms with van der Waals surface area (Å²) >= 11 is 0. The fourth-order valence-corrected chi connectivity index (χ4v) is 3.08. The minimum atomic E-state index is -1.75. The molecule has 2 aromatic heterocycles. The molecular weight excluding hydrogens is 420 g/mol. The summed E-state index contributed by atoms with van der Waals surface area (Å²) in [6.45, 7) is 0.710. The van der Waals surface area contributed by atoms with Crippen molar-refractivity contribution < 1.29 is 18.4 Å². The first kappa shape index (κ1) is 21.0. The molecule has 4 aromatic rings. The van der Waals surface area contributed by atoms with E-state index in [0.29, 0.717) is 33.9 Å². The van der Waals surface area contributed by atoms with Gasteiger partial charge in [0.2, 0.25) is 0 Å². The van der Waals surface area contributed by atoms with Crippen molar-refractivity contribution in [3.63, 3.8) is 0 Å². The van der Waals surface area contributed by atoms with Crippen LogP contribution in [0.1, 0.15) is 17.4 Å². The Morgan fingerprint density at radius 1 is 1.12 bits per heavy atom. The standard InChI is InChI=1S/C22H17F2N5O3/c1-13-8-14(2-7-21(13)32-16-4-6-20(25-11-16)18(24)10-23)28-22-17-9-15(29(30)31)3-5-19(17)26-12-27-22/h2-9,11-12,18H,10H2,1H3,(H,26,27,28)/t18-/m1/s1. The number of anilines is 2. The number of fused-ring (bicyclic) bond motifs is 1. The number of pyridine rings is 1. The molecule has 1 atom stereocenters. The molecule has 1 N–H and O–H groups in total. The maximum absolute atomic E-state index is 13.3. The maximum atomic E-state index is 13.3. The van der Waals surface area contributed by atoms with Gasteiger partial charge < -0.3 is 10.1 Å². The van der Waals surface area contributed by atoms with E-state index in [1.807, 2.05) is 13.0 Å². The van der Waals surface area contributed by atoms with Gasteiger partial charge in [0.1, 0.15) is 30.3 Å². The van der Waals surface area contributed by atoms with Crippen molar-refractivity contribution in [2.24, 2.45) is 0 Å². The first-order chi connectivity index (χ1) is 15.4. The molecule has 4 rings (SSSR count). The van der Waals surface area contributed by atoms with Crippen LogP contribution in [-0.4, -0.2) is 26.5 Å². The molecule has 2 aromatic carbocycles. The summed E-state index contributed by atoms with van der Waals surface area (Å²) in [6.07, 6.45) is 0.960. The number of rotatable bonds is 7. The summed E-state index contributed by atoms with van der Waals surface area (Å²) in [4.78, 5) is 22.9. The smallest absolute Gasteiger partial charge is 0.270 e. The third-order valence-corrected chi connectivity index (χ3v) is 4.71. The normalized spacial score (nSPS) is 11.8. The third kappa shape index (κ3) is 4.43. The van der Waals surface area contributed by atoms with E-state index in [1.54, 1.807) is 18.2 Å². The minimum Gasteiger partial charge on any atom is -0.455 e. The van der Waals surface area contributed by atoms with Crippen LogP contribution in [0.3, 0.4) is 0 Å². The van der Waals surface area contributed by atoms with Gasteiger partial charge >= 0.3 is 0 Å². The quantitative estimate of drug-likeness (QED) is 0.290. The first-order valence-electron chi connectivity index (χ1n) is 9.55. The van der Waals surface area contributed by atoms with E-state index < -0.39 is 17.8 Å².